The number of hydrogen-bond acceptors (Lipinski definition) is 2. The molecule has 0 bridgehead atoms. The first-order chi connectivity index (χ1) is 13.4. The summed E-state index contributed by atoms with van der Waals surface area (Å²) in [5.74, 6) is 0.231. The Bertz CT molecular complexity index is 839. The Balaban J connectivity index is 1.73. The molecular formula is C25H32N2O. The monoisotopic (exact) mass is 376 g/mol. The van der Waals surface area contributed by atoms with Crippen molar-refractivity contribution in [1.82, 2.24) is 4.90 Å². The van der Waals surface area contributed by atoms with Crippen LogP contribution in [0.3, 0.4) is 0 Å². The second kappa shape index (κ2) is 7.36. The lowest BCUT2D eigenvalue weighted by molar-refractivity contribution is -0.121. The fraction of sp³-hybridized carbons (Fsp3) is 0.480. The van der Waals surface area contributed by atoms with E-state index in [1.165, 1.54) is 30.4 Å². The normalized spacial score (nSPS) is 24.6. The van der Waals surface area contributed by atoms with Crippen LogP contribution >= 0.6 is 0 Å². The zero-order valence-corrected chi connectivity index (χ0v) is 17.4. The molecule has 3 nitrogen and oxygen atoms in total. The first-order valence-corrected chi connectivity index (χ1v) is 10.6. The summed E-state index contributed by atoms with van der Waals surface area (Å²) in [5.41, 5.74) is 3.30. The van der Waals surface area contributed by atoms with Gasteiger partial charge in [0, 0.05) is 16.6 Å². The van der Waals surface area contributed by atoms with Crippen LogP contribution < -0.4 is 4.90 Å². The van der Waals surface area contributed by atoms with Gasteiger partial charge in [-0.2, -0.15) is 0 Å². The second-order valence-electron chi connectivity index (χ2n) is 9.27. The van der Waals surface area contributed by atoms with Crippen molar-refractivity contribution in [2.75, 3.05) is 24.5 Å². The van der Waals surface area contributed by atoms with Gasteiger partial charge in [0.1, 0.15) is 0 Å². The molecule has 2 aliphatic rings. The van der Waals surface area contributed by atoms with Gasteiger partial charge in [-0.15, -0.1) is 0 Å². The standard InChI is InChI=1S/C25H32N2O/c1-24(2)19-25(3,20-12-6-4-7-13-20)21-14-8-9-15-22(21)27(24)23(28)18-26-16-10-5-11-17-26/h4,6-9,12-15H,5,10-11,16-19H2,1-3H3/t25-/m0/s1. The van der Waals surface area contributed by atoms with Crippen molar-refractivity contribution in [3.05, 3.63) is 65.7 Å². The first kappa shape index (κ1) is 19.2. The molecular weight excluding hydrogens is 344 g/mol. The summed E-state index contributed by atoms with van der Waals surface area (Å²) < 4.78 is 0. The summed E-state index contributed by atoms with van der Waals surface area (Å²) in [7, 11) is 0. The van der Waals surface area contributed by atoms with E-state index in [4.69, 9.17) is 0 Å². The van der Waals surface area contributed by atoms with E-state index < -0.39 is 0 Å². The SMILES string of the molecule is CC1(C)C[C@@](C)(c2ccccc2)c2ccccc2N1C(=O)CN1CCCCC1. The summed E-state index contributed by atoms with van der Waals surface area (Å²) in [5, 5.41) is 0. The number of fused-ring (bicyclic) bond motifs is 1. The minimum Gasteiger partial charge on any atom is -0.305 e. The van der Waals surface area contributed by atoms with Gasteiger partial charge in [0.05, 0.1) is 6.54 Å². The van der Waals surface area contributed by atoms with Gasteiger partial charge in [-0.1, -0.05) is 61.9 Å². The number of rotatable bonds is 3. The minimum atomic E-state index is -0.244. The Morgan fingerprint density at radius 1 is 0.893 bits per heavy atom. The van der Waals surface area contributed by atoms with E-state index in [0.29, 0.717) is 6.54 Å². The number of benzene rings is 2. The average molecular weight is 377 g/mol. The van der Waals surface area contributed by atoms with Gasteiger partial charge in [0.2, 0.25) is 5.91 Å². The van der Waals surface area contributed by atoms with E-state index in [2.05, 4.69) is 85.2 Å². The fourth-order valence-electron chi connectivity index (χ4n) is 5.42. The Kier molecular flexibility index (Phi) is 5.05. The lowest BCUT2D eigenvalue weighted by Gasteiger charge is -2.51. The maximum absolute atomic E-state index is 13.5. The third kappa shape index (κ3) is 3.37. The Morgan fingerprint density at radius 2 is 1.54 bits per heavy atom. The number of likely N-dealkylation sites (tertiary alicyclic amines) is 1. The zero-order valence-electron chi connectivity index (χ0n) is 17.4. The average Bonchev–Trinajstić information content (AvgIpc) is 2.69. The molecule has 1 fully saturated rings. The molecule has 0 radical (unpaired) electrons. The highest BCUT2D eigenvalue weighted by Gasteiger charge is 2.47. The van der Waals surface area contributed by atoms with Crippen LogP contribution in [0.2, 0.25) is 0 Å². The molecule has 0 aliphatic carbocycles. The largest absolute Gasteiger partial charge is 0.305 e. The Labute approximate surface area is 169 Å². The molecule has 0 saturated carbocycles. The van der Waals surface area contributed by atoms with E-state index >= 15 is 0 Å². The molecule has 3 heteroatoms. The lowest BCUT2D eigenvalue weighted by atomic mass is 9.65. The summed E-state index contributed by atoms with van der Waals surface area (Å²) in [6.07, 6.45) is 4.61. The van der Waals surface area contributed by atoms with Gasteiger partial charge in [-0.05, 0) is 63.4 Å². The lowest BCUT2D eigenvalue weighted by Crippen LogP contribution is -2.58. The molecule has 148 valence electrons. The smallest absolute Gasteiger partial charge is 0.241 e. The topological polar surface area (TPSA) is 23.6 Å². The van der Waals surface area contributed by atoms with Crippen molar-refractivity contribution in [1.29, 1.82) is 0 Å². The van der Waals surface area contributed by atoms with Gasteiger partial charge in [0.15, 0.2) is 0 Å². The molecule has 2 aromatic rings. The first-order valence-electron chi connectivity index (χ1n) is 10.6. The molecule has 2 heterocycles. The van der Waals surface area contributed by atoms with Crippen molar-refractivity contribution in [3.8, 4) is 0 Å². The maximum Gasteiger partial charge on any atom is 0.241 e. The number of carbonyl (C=O) groups is 1. The van der Waals surface area contributed by atoms with Crippen LogP contribution in [-0.2, 0) is 10.2 Å². The molecule has 1 amide bonds. The second-order valence-corrected chi connectivity index (χ2v) is 9.27. The van der Waals surface area contributed by atoms with E-state index in [0.717, 1.165) is 25.2 Å². The van der Waals surface area contributed by atoms with Crippen LogP contribution in [0.5, 0.6) is 0 Å². The highest BCUT2D eigenvalue weighted by atomic mass is 16.2. The number of piperidine rings is 1. The van der Waals surface area contributed by atoms with Gasteiger partial charge < -0.3 is 4.90 Å². The van der Waals surface area contributed by atoms with Crippen LogP contribution in [0.1, 0.15) is 57.6 Å². The van der Waals surface area contributed by atoms with Crippen molar-refractivity contribution in [2.45, 2.75) is 57.4 Å². The number of hydrogen-bond donors (Lipinski definition) is 0. The van der Waals surface area contributed by atoms with Crippen LogP contribution in [0.15, 0.2) is 54.6 Å². The number of para-hydroxylation sites is 1. The minimum absolute atomic E-state index is 0.108. The molecule has 1 saturated heterocycles. The van der Waals surface area contributed by atoms with Crippen molar-refractivity contribution in [2.24, 2.45) is 0 Å². The molecule has 1 atom stereocenters. The number of nitrogens with zero attached hydrogens (tertiary/aromatic N) is 2. The van der Waals surface area contributed by atoms with E-state index in [1.54, 1.807) is 0 Å². The molecule has 2 aromatic carbocycles. The summed E-state index contributed by atoms with van der Waals surface area (Å²) >= 11 is 0. The molecule has 28 heavy (non-hydrogen) atoms. The van der Waals surface area contributed by atoms with Crippen LogP contribution in [0.25, 0.3) is 0 Å². The Morgan fingerprint density at radius 3 is 2.25 bits per heavy atom. The molecule has 2 aliphatic heterocycles. The number of anilines is 1. The van der Waals surface area contributed by atoms with Crippen molar-refractivity contribution < 1.29 is 4.79 Å². The third-order valence-corrected chi connectivity index (χ3v) is 6.60. The van der Waals surface area contributed by atoms with Crippen LogP contribution in [-0.4, -0.2) is 36.0 Å². The predicted octanol–water partition coefficient (Wildman–Crippen LogP) is 4.99. The van der Waals surface area contributed by atoms with Gasteiger partial charge in [0.25, 0.3) is 0 Å². The third-order valence-electron chi connectivity index (χ3n) is 6.60. The van der Waals surface area contributed by atoms with Crippen molar-refractivity contribution >= 4 is 11.6 Å². The summed E-state index contributed by atoms with van der Waals surface area (Å²) in [4.78, 5) is 17.9. The van der Waals surface area contributed by atoms with Crippen LogP contribution in [0, 0.1) is 0 Å². The summed E-state index contributed by atoms with van der Waals surface area (Å²) in [6.45, 7) is 9.39. The van der Waals surface area contributed by atoms with Crippen LogP contribution in [0.4, 0.5) is 5.69 Å². The molecule has 0 unspecified atom stereocenters. The summed E-state index contributed by atoms with van der Waals surface area (Å²) in [6, 6.07) is 19.2. The number of amides is 1. The van der Waals surface area contributed by atoms with E-state index in [1.807, 2.05) is 0 Å². The molecule has 0 spiro atoms. The van der Waals surface area contributed by atoms with Crippen molar-refractivity contribution in [3.63, 3.8) is 0 Å². The predicted molar refractivity (Wildman–Crippen MR) is 116 cm³/mol. The molecule has 0 aromatic heterocycles. The molecule has 0 N–H and O–H groups in total. The highest BCUT2D eigenvalue weighted by molar-refractivity contribution is 5.98. The maximum atomic E-state index is 13.5. The fourth-order valence-corrected chi connectivity index (χ4v) is 5.42. The highest BCUT2D eigenvalue weighted by Crippen LogP contribution is 2.50. The molecule has 4 rings (SSSR count). The van der Waals surface area contributed by atoms with Gasteiger partial charge in [-0.25, -0.2) is 0 Å². The Hall–Kier alpha value is -2.13. The van der Waals surface area contributed by atoms with E-state index in [9.17, 15) is 4.79 Å². The van der Waals surface area contributed by atoms with Gasteiger partial charge >= 0.3 is 0 Å². The van der Waals surface area contributed by atoms with Gasteiger partial charge in [-0.3, -0.25) is 9.69 Å². The van der Waals surface area contributed by atoms with E-state index in [-0.39, 0.29) is 16.9 Å². The zero-order chi connectivity index (χ0) is 19.8. The number of carbonyl (C=O) groups excluding carboxylic acids is 1. The quantitative estimate of drug-likeness (QED) is 0.753.